The summed E-state index contributed by atoms with van der Waals surface area (Å²) in [4.78, 5) is 15.8. The SMILES string of the molecule is CC=C(C)C(=O)Oc1ccc2ccccc2n1. The Hall–Kier alpha value is -2.16. The van der Waals surface area contributed by atoms with Crippen LogP contribution in [0.3, 0.4) is 0 Å². The first kappa shape index (κ1) is 11.3. The number of carbonyl (C=O) groups is 1. The van der Waals surface area contributed by atoms with Crippen molar-refractivity contribution in [3.8, 4) is 5.88 Å². The van der Waals surface area contributed by atoms with E-state index in [0.717, 1.165) is 10.9 Å². The van der Waals surface area contributed by atoms with Gasteiger partial charge in [0, 0.05) is 17.0 Å². The highest BCUT2D eigenvalue weighted by atomic mass is 16.5. The lowest BCUT2D eigenvalue weighted by Gasteiger charge is -2.04. The van der Waals surface area contributed by atoms with Gasteiger partial charge in [-0.2, -0.15) is 0 Å². The molecule has 0 saturated carbocycles. The maximum absolute atomic E-state index is 11.5. The van der Waals surface area contributed by atoms with Crippen LogP contribution < -0.4 is 4.74 Å². The number of hydrogen-bond donors (Lipinski definition) is 0. The average Bonchev–Trinajstić information content (AvgIpc) is 2.37. The van der Waals surface area contributed by atoms with Gasteiger partial charge in [-0.25, -0.2) is 9.78 Å². The van der Waals surface area contributed by atoms with E-state index >= 15 is 0 Å². The zero-order valence-corrected chi connectivity index (χ0v) is 9.81. The molecule has 3 heteroatoms. The van der Waals surface area contributed by atoms with Crippen LogP contribution in [0.1, 0.15) is 13.8 Å². The summed E-state index contributed by atoms with van der Waals surface area (Å²) in [6, 6.07) is 11.3. The molecule has 0 bridgehead atoms. The number of esters is 1. The lowest BCUT2D eigenvalue weighted by atomic mass is 10.2. The fraction of sp³-hybridized carbons (Fsp3) is 0.143. The number of fused-ring (bicyclic) bond motifs is 1. The molecule has 0 aliphatic carbocycles. The summed E-state index contributed by atoms with van der Waals surface area (Å²) in [5.41, 5.74) is 1.39. The van der Waals surface area contributed by atoms with E-state index in [9.17, 15) is 4.79 Å². The number of para-hydroxylation sites is 1. The number of hydrogen-bond acceptors (Lipinski definition) is 3. The van der Waals surface area contributed by atoms with Crippen molar-refractivity contribution in [1.82, 2.24) is 4.98 Å². The minimum Gasteiger partial charge on any atom is -0.404 e. The van der Waals surface area contributed by atoms with Gasteiger partial charge < -0.3 is 4.74 Å². The number of carbonyl (C=O) groups excluding carboxylic acids is 1. The Balaban J connectivity index is 2.28. The van der Waals surface area contributed by atoms with Crippen molar-refractivity contribution in [3.63, 3.8) is 0 Å². The van der Waals surface area contributed by atoms with E-state index in [4.69, 9.17) is 4.74 Å². The molecule has 0 N–H and O–H groups in total. The van der Waals surface area contributed by atoms with Gasteiger partial charge in [0.25, 0.3) is 0 Å². The molecule has 3 nitrogen and oxygen atoms in total. The molecule has 17 heavy (non-hydrogen) atoms. The van der Waals surface area contributed by atoms with E-state index in [2.05, 4.69) is 4.98 Å². The van der Waals surface area contributed by atoms with Gasteiger partial charge in [-0.1, -0.05) is 24.3 Å². The first-order valence-corrected chi connectivity index (χ1v) is 5.41. The van der Waals surface area contributed by atoms with E-state index in [1.165, 1.54) is 0 Å². The van der Waals surface area contributed by atoms with Gasteiger partial charge in [-0.3, -0.25) is 0 Å². The van der Waals surface area contributed by atoms with Gasteiger partial charge >= 0.3 is 5.97 Å². The standard InChI is InChI=1S/C14H13NO2/c1-3-10(2)14(16)17-13-9-8-11-6-4-5-7-12(11)15-13/h3-9H,1-2H3. The highest BCUT2D eigenvalue weighted by Crippen LogP contribution is 2.16. The van der Waals surface area contributed by atoms with Crippen LogP contribution >= 0.6 is 0 Å². The molecule has 0 amide bonds. The van der Waals surface area contributed by atoms with E-state index in [-0.39, 0.29) is 5.97 Å². The molecule has 1 aromatic heterocycles. The lowest BCUT2D eigenvalue weighted by Crippen LogP contribution is -2.09. The molecule has 0 saturated heterocycles. The van der Waals surface area contributed by atoms with E-state index in [1.54, 1.807) is 26.0 Å². The van der Waals surface area contributed by atoms with Gasteiger partial charge in [-0.05, 0) is 26.0 Å². The zero-order chi connectivity index (χ0) is 12.3. The summed E-state index contributed by atoms with van der Waals surface area (Å²) in [5, 5.41) is 1.02. The highest BCUT2D eigenvalue weighted by molar-refractivity contribution is 5.89. The fourth-order valence-electron chi connectivity index (χ4n) is 1.40. The molecule has 1 aromatic carbocycles. The molecule has 0 aliphatic rings. The van der Waals surface area contributed by atoms with Crippen LogP contribution in [0.25, 0.3) is 10.9 Å². The van der Waals surface area contributed by atoms with Crippen molar-refractivity contribution >= 4 is 16.9 Å². The number of rotatable bonds is 2. The summed E-state index contributed by atoms with van der Waals surface area (Å²) in [6.07, 6.45) is 1.71. The second-order valence-electron chi connectivity index (χ2n) is 3.70. The predicted molar refractivity (Wildman–Crippen MR) is 66.8 cm³/mol. The van der Waals surface area contributed by atoms with Crippen LogP contribution in [0.5, 0.6) is 5.88 Å². The molecule has 2 aromatic rings. The predicted octanol–water partition coefficient (Wildman–Crippen LogP) is 3.11. The number of nitrogens with zero attached hydrogens (tertiary/aromatic N) is 1. The minimum absolute atomic E-state index is 0.329. The third-order valence-electron chi connectivity index (χ3n) is 2.53. The lowest BCUT2D eigenvalue weighted by molar-refractivity contribution is -0.130. The molecular weight excluding hydrogens is 214 g/mol. The smallest absolute Gasteiger partial charge is 0.340 e. The van der Waals surface area contributed by atoms with Gasteiger partial charge in [0.2, 0.25) is 5.88 Å². The van der Waals surface area contributed by atoms with Crippen molar-refractivity contribution in [1.29, 1.82) is 0 Å². The summed E-state index contributed by atoms with van der Waals surface area (Å²) >= 11 is 0. The normalized spacial score (nSPS) is 11.5. The molecule has 2 rings (SSSR count). The maximum atomic E-state index is 11.5. The molecule has 0 spiro atoms. The number of allylic oxidation sites excluding steroid dienone is 1. The Kier molecular flexibility index (Phi) is 3.19. The van der Waals surface area contributed by atoms with Gasteiger partial charge in [-0.15, -0.1) is 0 Å². The van der Waals surface area contributed by atoms with Crippen LogP contribution in [-0.4, -0.2) is 11.0 Å². The van der Waals surface area contributed by atoms with Crippen LogP contribution in [-0.2, 0) is 4.79 Å². The first-order chi connectivity index (χ1) is 8.20. The Morgan fingerprint density at radius 1 is 1.24 bits per heavy atom. The monoisotopic (exact) mass is 227 g/mol. The topological polar surface area (TPSA) is 39.2 Å². The van der Waals surface area contributed by atoms with Gasteiger partial charge in [0.05, 0.1) is 5.52 Å². The quantitative estimate of drug-likeness (QED) is 0.584. The summed E-state index contributed by atoms with van der Waals surface area (Å²) in [5.74, 6) is -0.0369. The number of ether oxygens (including phenoxy) is 1. The molecular formula is C14H13NO2. The van der Waals surface area contributed by atoms with Crippen molar-refractivity contribution in [2.24, 2.45) is 0 Å². The molecule has 0 radical (unpaired) electrons. The third-order valence-corrected chi connectivity index (χ3v) is 2.53. The van der Waals surface area contributed by atoms with Gasteiger partial charge in [0.1, 0.15) is 0 Å². The maximum Gasteiger partial charge on any atom is 0.340 e. The minimum atomic E-state index is -0.365. The second-order valence-corrected chi connectivity index (χ2v) is 3.70. The van der Waals surface area contributed by atoms with Crippen molar-refractivity contribution in [2.45, 2.75) is 13.8 Å². The second kappa shape index (κ2) is 4.78. The fourth-order valence-corrected chi connectivity index (χ4v) is 1.40. The van der Waals surface area contributed by atoms with Crippen molar-refractivity contribution < 1.29 is 9.53 Å². The Bertz CT molecular complexity index is 588. The first-order valence-electron chi connectivity index (χ1n) is 5.41. The number of aromatic nitrogens is 1. The zero-order valence-electron chi connectivity index (χ0n) is 9.81. The molecule has 86 valence electrons. The summed E-state index contributed by atoms with van der Waals surface area (Å²) in [7, 11) is 0. The van der Waals surface area contributed by atoms with E-state index < -0.39 is 0 Å². The van der Waals surface area contributed by atoms with Crippen LogP contribution in [0.4, 0.5) is 0 Å². The number of benzene rings is 1. The van der Waals surface area contributed by atoms with Crippen molar-refractivity contribution in [2.75, 3.05) is 0 Å². The molecule has 0 aliphatic heterocycles. The van der Waals surface area contributed by atoms with Crippen molar-refractivity contribution in [3.05, 3.63) is 48.0 Å². The Morgan fingerprint density at radius 3 is 2.76 bits per heavy atom. The van der Waals surface area contributed by atoms with Gasteiger partial charge in [0.15, 0.2) is 0 Å². The summed E-state index contributed by atoms with van der Waals surface area (Å²) in [6.45, 7) is 3.51. The molecule has 0 atom stereocenters. The molecule has 0 fully saturated rings. The number of pyridine rings is 1. The highest BCUT2D eigenvalue weighted by Gasteiger charge is 2.07. The summed E-state index contributed by atoms with van der Waals surface area (Å²) < 4.78 is 5.16. The molecule has 0 unspecified atom stereocenters. The average molecular weight is 227 g/mol. The Morgan fingerprint density at radius 2 is 2.00 bits per heavy atom. The third kappa shape index (κ3) is 2.50. The van der Waals surface area contributed by atoms with Crippen LogP contribution in [0.2, 0.25) is 0 Å². The largest absolute Gasteiger partial charge is 0.404 e. The molecule has 1 heterocycles. The van der Waals surface area contributed by atoms with Crippen LogP contribution in [0.15, 0.2) is 48.0 Å². The Labute approximate surface area is 99.7 Å². The van der Waals surface area contributed by atoms with Crippen LogP contribution in [0, 0.1) is 0 Å². The van der Waals surface area contributed by atoms with E-state index in [0.29, 0.717) is 11.5 Å². The van der Waals surface area contributed by atoms with E-state index in [1.807, 2.05) is 30.3 Å².